The largest absolute Gasteiger partial charge is 0.298 e. The fraction of sp³-hybridized carbons (Fsp3) is 1.00. The highest BCUT2D eigenvalue weighted by molar-refractivity contribution is 4.89. The number of hydrogen-bond donors (Lipinski definition) is 0. The van der Waals surface area contributed by atoms with Gasteiger partial charge in [0.25, 0.3) is 0 Å². The lowest BCUT2D eigenvalue weighted by atomic mass is 9.79. The Balaban J connectivity index is 2.03. The van der Waals surface area contributed by atoms with Crippen molar-refractivity contribution < 1.29 is 0 Å². The number of fused-ring (bicyclic) bond motifs is 3. The summed E-state index contributed by atoms with van der Waals surface area (Å²) < 4.78 is 0. The van der Waals surface area contributed by atoms with E-state index in [2.05, 4.69) is 18.7 Å². The van der Waals surface area contributed by atoms with Gasteiger partial charge in [0.15, 0.2) is 0 Å². The normalized spacial score (nSPS) is 38.5. The Morgan fingerprint density at radius 2 is 1.73 bits per heavy atom. The summed E-state index contributed by atoms with van der Waals surface area (Å²) >= 11 is 0. The van der Waals surface area contributed by atoms with Crippen molar-refractivity contribution in [1.82, 2.24) is 4.90 Å². The molecule has 1 heteroatoms. The summed E-state index contributed by atoms with van der Waals surface area (Å²) in [6, 6.07) is 1.73. The zero-order valence-electron chi connectivity index (χ0n) is 7.71. The van der Waals surface area contributed by atoms with Crippen molar-refractivity contribution in [2.45, 2.75) is 51.6 Å². The quantitative estimate of drug-likeness (QED) is 0.558. The molecule has 1 aliphatic carbocycles. The predicted molar refractivity (Wildman–Crippen MR) is 47.6 cm³/mol. The fourth-order valence-electron chi connectivity index (χ4n) is 2.74. The summed E-state index contributed by atoms with van der Waals surface area (Å²) in [6.07, 6.45) is 5.97. The Kier molecular flexibility index (Phi) is 1.92. The minimum atomic E-state index is 0.781. The molecular formula is C10H19N. The van der Waals surface area contributed by atoms with E-state index >= 15 is 0 Å². The van der Waals surface area contributed by atoms with E-state index in [0.29, 0.717) is 0 Å². The van der Waals surface area contributed by atoms with Crippen LogP contribution in [-0.2, 0) is 0 Å². The first-order valence-electron chi connectivity index (χ1n) is 5.03. The number of hydrogen-bond acceptors (Lipinski definition) is 1. The van der Waals surface area contributed by atoms with Crippen LogP contribution in [0.25, 0.3) is 0 Å². The second-order valence-electron chi connectivity index (χ2n) is 4.47. The maximum Gasteiger partial charge on any atom is 0.00982 e. The summed E-state index contributed by atoms with van der Waals surface area (Å²) in [5.74, 6) is 1.04. The highest BCUT2D eigenvalue weighted by atomic mass is 15.2. The first-order valence-corrected chi connectivity index (χ1v) is 5.03. The molecule has 0 radical (unpaired) electrons. The van der Waals surface area contributed by atoms with E-state index < -0.39 is 0 Å². The molecule has 0 aromatic heterocycles. The van der Waals surface area contributed by atoms with Crippen LogP contribution in [0.3, 0.4) is 0 Å². The van der Waals surface area contributed by atoms with Gasteiger partial charge in [-0.2, -0.15) is 0 Å². The lowest BCUT2D eigenvalue weighted by molar-refractivity contribution is 0.0250. The second-order valence-corrected chi connectivity index (χ2v) is 4.47. The number of rotatable bonds is 1. The first kappa shape index (κ1) is 7.60. The molecule has 2 heterocycles. The van der Waals surface area contributed by atoms with Gasteiger partial charge in [0.1, 0.15) is 0 Å². The molecule has 0 aromatic rings. The van der Waals surface area contributed by atoms with Crippen LogP contribution < -0.4 is 0 Å². The summed E-state index contributed by atoms with van der Waals surface area (Å²) in [4.78, 5) is 2.71. The van der Waals surface area contributed by atoms with Gasteiger partial charge in [-0.3, -0.25) is 4.90 Å². The molecular weight excluding hydrogens is 134 g/mol. The van der Waals surface area contributed by atoms with E-state index in [0.717, 1.165) is 18.0 Å². The molecule has 3 rings (SSSR count). The predicted octanol–water partition coefficient (Wildman–Crippen LogP) is 2.27. The lowest BCUT2D eigenvalue weighted by Crippen LogP contribution is -2.50. The molecule has 3 fully saturated rings. The molecule has 0 amide bonds. The van der Waals surface area contributed by atoms with Gasteiger partial charge in [0.05, 0.1) is 0 Å². The molecule has 2 saturated heterocycles. The van der Waals surface area contributed by atoms with Crippen LogP contribution >= 0.6 is 0 Å². The van der Waals surface area contributed by atoms with E-state index in [9.17, 15) is 0 Å². The van der Waals surface area contributed by atoms with Crippen molar-refractivity contribution in [3.8, 4) is 0 Å². The van der Waals surface area contributed by atoms with Gasteiger partial charge in [0, 0.05) is 18.6 Å². The number of nitrogens with zero attached hydrogens (tertiary/aromatic N) is 1. The SMILES string of the molecule is CC(C)N1CC2CCC1CC2. The Morgan fingerprint density at radius 1 is 1.09 bits per heavy atom. The summed E-state index contributed by atoms with van der Waals surface area (Å²) in [6.45, 7) is 6.06. The van der Waals surface area contributed by atoms with Crippen molar-refractivity contribution in [3.05, 3.63) is 0 Å². The summed E-state index contributed by atoms with van der Waals surface area (Å²) in [7, 11) is 0. The summed E-state index contributed by atoms with van der Waals surface area (Å²) in [5.41, 5.74) is 0. The first-order chi connectivity index (χ1) is 5.27. The molecule has 3 aliphatic rings. The fourth-order valence-corrected chi connectivity index (χ4v) is 2.74. The van der Waals surface area contributed by atoms with Gasteiger partial charge < -0.3 is 0 Å². The molecule has 0 atom stereocenters. The Hall–Kier alpha value is -0.0400. The Bertz CT molecular complexity index is 134. The highest BCUT2D eigenvalue weighted by Crippen LogP contribution is 2.35. The summed E-state index contributed by atoms with van der Waals surface area (Å²) in [5, 5.41) is 0. The van der Waals surface area contributed by atoms with Crippen molar-refractivity contribution in [2.24, 2.45) is 5.92 Å². The van der Waals surface area contributed by atoms with E-state index in [4.69, 9.17) is 0 Å². The van der Waals surface area contributed by atoms with Gasteiger partial charge in [-0.25, -0.2) is 0 Å². The van der Waals surface area contributed by atoms with Crippen LogP contribution in [0.5, 0.6) is 0 Å². The zero-order chi connectivity index (χ0) is 7.84. The molecule has 1 nitrogen and oxygen atoms in total. The average Bonchev–Trinajstić information content (AvgIpc) is 2.06. The average molecular weight is 153 g/mol. The van der Waals surface area contributed by atoms with Crippen molar-refractivity contribution in [1.29, 1.82) is 0 Å². The molecule has 2 bridgehead atoms. The van der Waals surface area contributed by atoms with Gasteiger partial charge in [-0.1, -0.05) is 0 Å². The number of piperidine rings is 2. The Morgan fingerprint density at radius 3 is 2.00 bits per heavy atom. The van der Waals surface area contributed by atoms with Crippen LogP contribution in [0.2, 0.25) is 0 Å². The third kappa shape index (κ3) is 1.31. The van der Waals surface area contributed by atoms with Crippen LogP contribution in [0.4, 0.5) is 0 Å². The third-order valence-electron chi connectivity index (χ3n) is 3.42. The Labute approximate surface area is 69.8 Å². The van der Waals surface area contributed by atoms with E-state index in [-0.39, 0.29) is 0 Å². The smallest absolute Gasteiger partial charge is 0.00982 e. The standard InChI is InChI=1S/C10H19N/c1-8(2)11-7-9-3-5-10(11)6-4-9/h8-10H,3-7H2,1-2H3. The lowest BCUT2D eigenvalue weighted by Gasteiger charge is -2.47. The van der Waals surface area contributed by atoms with Crippen molar-refractivity contribution >= 4 is 0 Å². The minimum Gasteiger partial charge on any atom is -0.298 e. The van der Waals surface area contributed by atoms with E-state index in [1.54, 1.807) is 0 Å². The van der Waals surface area contributed by atoms with Crippen LogP contribution in [0, 0.1) is 5.92 Å². The van der Waals surface area contributed by atoms with E-state index in [1.165, 1.54) is 32.2 Å². The molecule has 0 spiro atoms. The van der Waals surface area contributed by atoms with Crippen molar-refractivity contribution in [2.75, 3.05) is 6.54 Å². The van der Waals surface area contributed by atoms with Crippen molar-refractivity contribution in [3.63, 3.8) is 0 Å². The molecule has 0 unspecified atom stereocenters. The van der Waals surface area contributed by atoms with Crippen LogP contribution in [0.1, 0.15) is 39.5 Å². The highest BCUT2D eigenvalue weighted by Gasteiger charge is 2.34. The maximum absolute atomic E-state index is 2.71. The monoisotopic (exact) mass is 153 g/mol. The second kappa shape index (κ2) is 2.78. The topological polar surface area (TPSA) is 3.24 Å². The van der Waals surface area contributed by atoms with Gasteiger partial charge in [-0.05, 0) is 45.4 Å². The zero-order valence-corrected chi connectivity index (χ0v) is 7.71. The van der Waals surface area contributed by atoms with Crippen LogP contribution in [-0.4, -0.2) is 23.5 Å². The molecule has 2 aliphatic heterocycles. The van der Waals surface area contributed by atoms with Crippen LogP contribution in [0.15, 0.2) is 0 Å². The molecule has 1 saturated carbocycles. The van der Waals surface area contributed by atoms with Gasteiger partial charge in [-0.15, -0.1) is 0 Å². The molecule has 0 aromatic carbocycles. The maximum atomic E-state index is 2.71. The van der Waals surface area contributed by atoms with E-state index in [1.807, 2.05) is 0 Å². The van der Waals surface area contributed by atoms with Gasteiger partial charge in [0.2, 0.25) is 0 Å². The molecule has 64 valence electrons. The third-order valence-corrected chi connectivity index (χ3v) is 3.42. The molecule has 11 heavy (non-hydrogen) atoms. The minimum absolute atomic E-state index is 0.781. The molecule has 0 N–H and O–H groups in total. The van der Waals surface area contributed by atoms with Gasteiger partial charge >= 0.3 is 0 Å².